The summed E-state index contributed by atoms with van der Waals surface area (Å²) in [6.07, 6.45) is 1.52. The van der Waals surface area contributed by atoms with Crippen molar-refractivity contribution >= 4 is 23.1 Å². The molecule has 2 rings (SSSR count). The minimum absolute atomic E-state index is 0.102. The van der Waals surface area contributed by atoms with E-state index in [4.69, 9.17) is 27.5 Å². The number of hydrogen-bond donors (Lipinski definition) is 2. The molecule has 8 heteroatoms. The summed E-state index contributed by atoms with van der Waals surface area (Å²) in [6.45, 7) is 0.181. The molecule has 1 aromatic carbocycles. The quantitative estimate of drug-likeness (QED) is 0.381. The Kier molecular flexibility index (Phi) is 4.34. The summed E-state index contributed by atoms with van der Waals surface area (Å²) in [5.41, 5.74) is 6.36. The number of nitrogens with two attached hydrogens (primary N) is 1. The number of benzene rings is 1. The average Bonchev–Trinajstić information content (AvgIpc) is 2.46. The first-order valence-corrected chi connectivity index (χ1v) is 6.21. The lowest BCUT2D eigenvalue weighted by molar-refractivity contribution is -0.384. The van der Waals surface area contributed by atoms with Gasteiger partial charge in [-0.15, -0.1) is 0 Å². The highest BCUT2D eigenvalue weighted by Gasteiger charge is 2.10. The van der Waals surface area contributed by atoms with E-state index in [1.165, 1.54) is 24.4 Å². The lowest BCUT2D eigenvalue weighted by atomic mass is 10.2. The zero-order chi connectivity index (χ0) is 15.4. The summed E-state index contributed by atoms with van der Waals surface area (Å²) in [7, 11) is 0. The van der Waals surface area contributed by atoms with Gasteiger partial charge in [-0.05, 0) is 23.8 Å². The fraction of sp³-hybridized carbons (Fsp3) is 0.0769. The highest BCUT2D eigenvalue weighted by Crippen LogP contribution is 2.29. The van der Waals surface area contributed by atoms with E-state index in [2.05, 4.69) is 4.98 Å². The number of hydrogen-bond acceptors (Lipinski definition) is 5. The maximum Gasteiger partial charge on any atom is 0.271 e. The molecule has 7 nitrogen and oxygen atoms in total. The standard InChI is InChI=1S/C13H11ClN4O3/c14-10-6-9(18(19)20)1-2-12(10)21-7-8-3-4-17-11(5-8)13(15)16/h1-6H,7H2,(H3,15,16). The summed E-state index contributed by atoms with van der Waals surface area (Å²) >= 11 is 5.93. The SMILES string of the molecule is N=C(N)c1cc(COc2ccc([N+](=O)[O-])cc2Cl)ccn1. The fourth-order valence-corrected chi connectivity index (χ4v) is 1.82. The second kappa shape index (κ2) is 6.19. The predicted octanol–water partition coefficient (Wildman–Crippen LogP) is 2.51. The predicted molar refractivity (Wildman–Crippen MR) is 77.7 cm³/mol. The molecule has 1 heterocycles. The van der Waals surface area contributed by atoms with Gasteiger partial charge in [0, 0.05) is 18.3 Å². The van der Waals surface area contributed by atoms with E-state index < -0.39 is 4.92 Å². The molecule has 0 aliphatic rings. The minimum atomic E-state index is -0.530. The Labute approximate surface area is 125 Å². The lowest BCUT2D eigenvalue weighted by Crippen LogP contribution is -2.13. The van der Waals surface area contributed by atoms with Gasteiger partial charge in [0.1, 0.15) is 23.9 Å². The smallest absolute Gasteiger partial charge is 0.271 e. The Bertz CT molecular complexity index is 706. The molecular weight excluding hydrogens is 296 g/mol. The van der Waals surface area contributed by atoms with Crippen LogP contribution in [0.5, 0.6) is 5.75 Å². The molecule has 0 fully saturated rings. The van der Waals surface area contributed by atoms with Crippen molar-refractivity contribution in [1.82, 2.24) is 4.98 Å². The van der Waals surface area contributed by atoms with Gasteiger partial charge in [0.15, 0.2) is 0 Å². The number of halogens is 1. The van der Waals surface area contributed by atoms with Crippen LogP contribution in [0.3, 0.4) is 0 Å². The van der Waals surface area contributed by atoms with Gasteiger partial charge in [-0.25, -0.2) is 0 Å². The minimum Gasteiger partial charge on any atom is -0.487 e. The van der Waals surface area contributed by atoms with Gasteiger partial charge in [-0.1, -0.05) is 11.6 Å². The van der Waals surface area contributed by atoms with Crippen LogP contribution < -0.4 is 10.5 Å². The summed E-state index contributed by atoms with van der Waals surface area (Å²) in [5, 5.41) is 18.1. The first-order valence-electron chi connectivity index (χ1n) is 5.83. The number of nitro benzene ring substituents is 1. The number of non-ortho nitro benzene ring substituents is 1. The van der Waals surface area contributed by atoms with Gasteiger partial charge in [-0.3, -0.25) is 20.5 Å². The molecular formula is C13H11ClN4O3. The van der Waals surface area contributed by atoms with Crippen LogP contribution in [0.4, 0.5) is 5.69 Å². The summed E-state index contributed by atoms with van der Waals surface area (Å²) in [4.78, 5) is 14.0. The van der Waals surface area contributed by atoms with E-state index in [9.17, 15) is 10.1 Å². The average molecular weight is 307 g/mol. The van der Waals surface area contributed by atoms with Crippen LogP contribution in [0, 0.1) is 15.5 Å². The van der Waals surface area contributed by atoms with E-state index in [0.717, 1.165) is 5.56 Å². The maximum atomic E-state index is 10.6. The third kappa shape index (κ3) is 3.67. The first-order chi connectivity index (χ1) is 9.97. The molecule has 2 aromatic rings. The Morgan fingerprint density at radius 3 is 2.81 bits per heavy atom. The topological polar surface area (TPSA) is 115 Å². The van der Waals surface area contributed by atoms with Crippen LogP contribution in [-0.2, 0) is 6.61 Å². The molecule has 21 heavy (non-hydrogen) atoms. The molecule has 108 valence electrons. The van der Waals surface area contributed by atoms with E-state index in [1.54, 1.807) is 12.1 Å². The maximum absolute atomic E-state index is 10.6. The van der Waals surface area contributed by atoms with Gasteiger partial charge in [-0.2, -0.15) is 0 Å². The number of ether oxygens (including phenoxy) is 1. The molecule has 0 bridgehead atoms. The van der Waals surface area contributed by atoms with Crippen LogP contribution in [0.1, 0.15) is 11.3 Å². The number of nitrogens with zero attached hydrogens (tertiary/aromatic N) is 2. The van der Waals surface area contributed by atoms with Crippen molar-refractivity contribution in [3.8, 4) is 5.75 Å². The van der Waals surface area contributed by atoms with Crippen molar-refractivity contribution in [1.29, 1.82) is 5.41 Å². The van der Waals surface area contributed by atoms with Crippen molar-refractivity contribution in [3.05, 3.63) is 62.9 Å². The normalized spacial score (nSPS) is 10.1. The summed E-state index contributed by atoms with van der Waals surface area (Å²) in [6, 6.07) is 7.32. The second-order valence-electron chi connectivity index (χ2n) is 4.12. The van der Waals surface area contributed by atoms with Gasteiger partial charge in [0.05, 0.1) is 9.95 Å². The van der Waals surface area contributed by atoms with E-state index in [1.807, 2.05) is 0 Å². The van der Waals surface area contributed by atoms with Crippen molar-refractivity contribution in [2.75, 3.05) is 0 Å². The van der Waals surface area contributed by atoms with Gasteiger partial charge < -0.3 is 10.5 Å². The first kappa shape index (κ1) is 14.7. The zero-order valence-electron chi connectivity index (χ0n) is 10.7. The number of nitrogens with one attached hydrogen (secondary N) is 1. The summed E-state index contributed by atoms with van der Waals surface area (Å²) < 4.78 is 5.50. The fourth-order valence-electron chi connectivity index (χ4n) is 1.59. The summed E-state index contributed by atoms with van der Waals surface area (Å²) in [5.74, 6) is 0.202. The third-order valence-electron chi connectivity index (χ3n) is 2.62. The zero-order valence-corrected chi connectivity index (χ0v) is 11.5. The van der Waals surface area contributed by atoms with Crippen LogP contribution in [0.25, 0.3) is 0 Å². The molecule has 0 saturated heterocycles. The number of nitrogen functional groups attached to an aromatic ring is 1. The third-order valence-corrected chi connectivity index (χ3v) is 2.92. The molecule has 0 unspecified atom stereocenters. The lowest BCUT2D eigenvalue weighted by Gasteiger charge is -2.08. The van der Waals surface area contributed by atoms with Gasteiger partial charge in [0.25, 0.3) is 5.69 Å². The molecule has 0 saturated carbocycles. The van der Waals surface area contributed by atoms with Crippen LogP contribution in [0.2, 0.25) is 5.02 Å². The van der Waals surface area contributed by atoms with Crippen molar-refractivity contribution < 1.29 is 9.66 Å². The van der Waals surface area contributed by atoms with E-state index in [-0.39, 0.29) is 23.2 Å². The number of aromatic nitrogens is 1. The van der Waals surface area contributed by atoms with Gasteiger partial charge in [0.2, 0.25) is 0 Å². The highest BCUT2D eigenvalue weighted by atomic mass is 35.5. The molecule has 0 aliphatic carbocycles. The number of pyridine rings is 1. The molecule has 3 N–H and O–H groups in total. The van der Waals surface area contributed by atoms with Crippen LogP contribution >= 0.6 is 11.6 Å². The van der Waals surface area contributed by atoms with Crippen LogP contribution in [-0.4, -0.2) is 15.7 Å². The molecule has 1 aromatic heterocycles. The Balaban J connectivity index is 2.11. The molecule has 0 atom stereocenters. The van der Waals surface area contributed by atoms with Crippen LogP contribution in [0.15, 0.2) is 36.5 Å². The largest absolute Gasteiger partial charge is 0.487 e. The van der Waals surface area contributed by atoms with Crippen molar-refractivity contribution in [2.45, 2.75) is 6.61 Å². The second-order valence-corrected chi connectivity index (χ2v) is 4.53. The number of nitro groups is 1. The monoisotopic (exact) mass is 306 g/mol. The van der Waals surface area contributed by atoms with E-state index >= 15 is 0 Å². The van der Waals surface area contributed by atoms with E-state index in [0.29, 0.717) is 11.4 Å². The molecule has 0 radical (unpaired) electrons. The Morgan fingerprint density at radius 1 is 1.43 bits per heavy atom. The molecule has 0 aliphatic heterocycles. The molecule has 0 amide bonds. The number of amidine groups is 1. The number of rotatable bonds is 5. The molecule has 0 spiro atoms. The Hall–Kier alpha value is -2.67. The highest BCUT2D eigenvalue weighted by molar-refractivity contribution is 6.32. The van der Waals surface area contributed by atoms with Gasteiger partial charge >= 0.3 is 0 Å². The van der Waals surface area contributed by atoms with Crippen molar-refractivity contribution in [3.63, 3.8) is 0 Å². The Morgan fingerprint density at radius 2 is 2.19 bits per heavy atom. The van der Waals surface area contributed by atoms with Crippen molar-refractivity contribution in [2.24, 2.45) is 5.73 Å².